The number of benzene rings is 1. The number of rotatable bonds is 4. The van der Waals surface area contributed by atoms with Crippen LogP contribution in [0.3, 0.4) is 0 Å². The highest BCUT2D eigenvalue weighted by molar-refractivity contribution is 5.98. The fourth-order valence-corrected chi connectivity index (χ4v) is 1.58. The fraction of sp³-hybridized carbons (Fsp3) is 0.333. The van der Waals surface area contributed by atoms with E-state index in [1.807, 2.05) is 0 Å². The third-order valence-corrected chi connectivity index (χ3v) is 2.39. The van der Waals surface area contributed by atoms with Gasteiger partial charge >= 0.3 is 0 Å². The van der Waals surface area contributed by atoms with Crippen molar-refractivity contribution in [1.82, 2.24) is 10.6 Å². The van der Waals surface area contributed by atoms with Gasteiger partial charge in [0.05, 0.1) is 12.1 Å². The minimum absolute atomic E-state index is 0.0216. The predicted molar refractivity (Wildman–Crippen MR) is 76.0 cm³/mol. The number of hydrogen-bond donors (Lipinski definition) is 3. The minimum atomic E-state index is -0.601. The molecule has 0 spiro atoms. The zero-order valence-corrected chi connectivity index (χ0v) is 11.9. The van der Waals surface area contributed by atoms with Crippen LogP contribution in [0.5, 0.6) is 0 Å². The summed E-state index contributed by atoms with van der Waals surface area (Å²) < 4.78 is 13.2. The zero-order chi connectivity index (χ0) is 15.8. The first kappa shape index (κ1) is 16.7. The second-order valence-corrected chi connectivity index (χ2v) is 4.55. The molecular weight excluding hydrogens is 275 g/mol. The van der Waals surface area contributed by atoms with Crippen molar-refractivity contribution in [3.05, 3.63) is 35.1 Å². The van der Waals surface area contributed by atoms with Gasteiger partial charge in [0, 0.05) is 11.6 Å². The van der Waals surface area contributed by atoms with Gasteiger partial charge in [0.15, 0.2) is 0 Å². The Morgan fingerprint density at radius 2 is 2.10 bits per heavy atom. The Bertz CT molecular complexity index is 588. The molecule has 1 aromatic rings. The largest absolute Gasteiger partial charge is 0.384 e. The Morgan fingerprint density at radius 1 is 1.38 bits per heavy atom. The fourth-order valence-electron chi connectivity index (χ4n) is 1.58. The Kier molecular flexibility index (Phi) is 6.37. The monoisotopic (exact) mass is 292 g/mol. The zero-order valence-electron chi connectivity index (χ0n) is 11.9. The van der Waals surface area contributed by atoms with Crippen LogP contribution in [0.4, 0.5) is 4.39 Å². The van der Waals surface area contributed by atoms with E-state index in [0.717, 1.165) is 6.07 Å². The van der Waals surface area contributed by atoms with Crippen molar-refractivity contribution in [2.75, 3.05) is 13.2 Å². The summed E-state index contributed by atoms with van der Waals surface area (Å²) in [5.41, 5.74) is 0.306. The van der Waals surface area contributed by atoms with Crippen LogP contribution in [0.25, 0.3) is 0 Å². The Balaban J connectivity index is 2.81. The summed E-state index contributed by atoms with van der Waals surface area (Å²) in [5.74, 6) is 3.44. The van der Waals surface area contributed by atoms with Gasteiger partial charge in [-0.3, -0.25) is 9.59 Å². The summed E-state index contributed by atoms with van der Waals surface area (Å²) in [6, 6.07) is 3.52. The molecule has 0 aliphatic heterocycles. The van der Waals surface area contributed by atoms with Crippen LogP contribution < -0.4 is 10.6 Å². The van der Waals surface area contributed by atoms with E-state index in [-0.39, 0.29) is 36.2 Å². The molecule has 0 fully saturated rings. The first-order valence-corrected chi connectivity index (χ1v) is 6.41. The van der Waals surface area contributed by atoms with Gasteiger partial charge in [-0.05, 0) is 32.0 Å². The van der Waals surface area contributed by atoms with E-state index in [9.17, 15) is 14.0 Å². The molecule has 0 aliphatic rings. The molecule has 0 bridgehead atoms. The van der Waals surface area contributed by atoms with Crippen molar-refractivity contribution in [1.29, 1.82) is 0 Å². The number of halogens is 1. The van der Waals surface area contributed by atoms with Crippen LogP contribution in [0.2, 0.25) is 0 Å². The third kappa shape index (κ3) is 5.63. The highest BCUT2D eigenvalue weighted by atomic mass is 19.1. The lowest BCUT2D eigenvalue weighted by molar-refractivity contribution is -0.120. The molecule has 0 aliphatic carbocycles. The van der Waals surface area contributed by atoms with E-state index in [1.165, 1.54) is 12.1 Å². The predicted octanol–water partition coefficient (Wildman–Crippen LogP) is 0.424. The highest BCUT2D eigenvalue weighted by Gasteiger charge is 2.13. The summed E-state index contributed by atoms with van der Waals surface area (Å²) in [6.07, 6.45) is 0. The minimum Gasteiger partial charge on any atom is -0.384 e. The van der Waals surface area contributed by atoms with Gasteiger partial charge < -0.3 is 15.7 Å². The lowest BCUT2D eigenvalue weighted by Crippen LogP contribution is -2.40. The molecule has 0 atom stereocenters. The highest BCUT2D eigenvalue weighted by Crippen LogP contribution is 2.10. The van der Waals surface area contributed by atoms with Crippen LogP contribution in [0.15, 0.2) is 18.2 Å². The molecule has 0 unspecified atom stereocenters. The first-order valence-electron chi connectivity index (χ1n) is 6.41. The average molecular weight is 292 g/mol. The quantitative estimate of drug-likeness (QED) is 0.704. The number of carbonyl (C=O) groups excluding carboxylic acids is 2. The number of aliphatic hydroxyl groups excluding tert-OH is 1. The van der Waals surface area contributed by atoms with Crippen molar-refractivity contribution in [3.63, 3.8) is 0 Å². The first-order chi connectivity index (χ1) is 9.93. The summed E-state index contributed by atoms with van der Waals surface area (Å²) in [5, 5.41) is 13.7. The molecule has 1 rings (SSSR count). The lowest BCUT2D eigenvalue weighted by Gasteiger charge is -2.10. The van der Waals surface area contributed by atoms with E-state index in [1.54, 1.807) is 13.8 Å². The number of aliphatic hydroxyl groups is 1. The molecular formula is C15H17FN2O3. The molecule has 3 N–H and O–H groups in total. The number of amides is 2. The third-order valence-electron chi connectivity index (χ3n) is 2.39. The molecule has 0 saturated heterocycles. The maximum atomic E-state index is 13.2. The van der Waals surface area contributed by atoms with Gasteiger partial charge in [0.1, 0.15) is 12.4 Å². The number of nitrogens with one attached hydrogen (secondary N) is 2. The van der Waals surface area contributed by atoms with Crippen molar-refractivity contribution < 1.29 is 19.1 Å². The van der Waals surface area contributed by atoms with E-state index >= 15 is 0 Å². The van der Waals surface area contributed by atoms with Crippen LogP contribution in [0, 0.1) is 17.7 Å². The molecule has 2 amide bonds. The number of hydrogen-bond acceptors (Lipinski definition) is 3. The van der Waals surface area contributed by atoms with Gasteiger partial charge in [-0.25, -0.2) is 4.39 Å². The van der Waals surface area contributed by atoms with Crippen molar-refractivity contribution >= 4 is 11.8 Å². The van der Waals surface area contributed by atoms with Gasteiger partial charge in [-0.15, -0.1) is 0 Å². The maximum absolute atomic E-state index is 13.2. The van der Waals surface area contributed by atoms with Crippen molar-refractivity contribution in [2.24, 2.45) is 0 Å². The smallest absolute Gasteiger partial charge is 0.253 e. The normalized spacial score (nSPS) is 9.76. The second-order valence-electron chi connectivity index (χ2n) is 4.55. The van der Waals surface area contributed by atoms with Crippen LogP contribution in [-0.4, -0.2) is 36.1 Å². The van der Waals surface area contributed by atoms with E-state index in [4.69, 9.17) is 5.11 Å². The molecule has 0 radical (unpaired) electrons. The van der Waals surface area contributed by atoms with E-state index < -0.39 is 11.7 Å². The maximum Gasteiger partial charge on any atom is 0.253 e. The second kappa shape index (κ2) is 8.02. The molecule has 6 heteroatoms. The van der Waals surface area contributed by atoms with Crippen molar-refractivity contribution in [2.45, 2.75) is 19.9 Å². The standard InChI is InChI=1S/C15H17FN2O3/c1-10(2)18-14(20)9-17-15(21)13-8-12(16)6-5-11(13)4-3-7-19/h5-6,8,10,19H,7,9H2,1-2H3,(H,17,21)(H,18,20). The van der Waals surface area contributed by atoms with Crippen LogP contribution >= 0.6 is 0 Å². The average Bonchev–Trinajstić information content (AvgIpc) is 2.42. The summed E-state index contributed by atoms with van der Waals surface area (Å²) in [7, 11) is 0. The van der Waals surface area contributed by atoms with Gasteiger partial charge in [0.2, 0.25) is 5.91 Å². The van der Waals surface area contributed by atoms with E-state index in [2.05, 4.69) is 22.5 Å². The van der Waals surface area contributed by atoms with Crippen molar-refractivity contribution in [3.8, 4) is 11.8 Å². The number of carbonyl (C=O) groups is 2. The summed E-state index contributed by atoms with van der Waals surface area (Å²) in [6.45, 7) is 3.03. The summed E-state index contributed by atoms with van der Waals surface area (Å²) >= 11 is 0. The summed E-state index contributed by atoms with van der Waals surface area (Å²) in [4.78, 5) is 23.4. The Hall–Kier alpha value is -2.39. The SMILES string of the molecule is CC(C)NC(=O)CNC(=O)c1cc(F)ccc1C#CCO. The molecule has 5 nitrogen and oxygen atoms in total. The van der Waals surface area contributed by atoms with Gasteiger partial charge in [-0.1, -0.05) is 11.8 Å². The Labute approximate surface area is 122 Å². The molecule has 112 valence electrons. The molecule has 21 heavy (non-hydrogen) atoms. The molecule has 0 aromatic heterocycles. The van der Waals surface area contributed by atoms with Crippen LogP contribution in [-0.2, 0) is 4.79 Å². The Morgan fingerprint density at radius 3 is 2.71 bits per heavy atom. The van der Waals surface area contributed by atoms with Gasteiger partial charge in [-0.2, -0.15) is 0 Å². The topological polar surface area (TPSA) is 78.4 Å². The molecule has 0 heterocycles. The lowest BCUT2D eigenvalue weighted by atomic mass is 10.1. The van der Waals surface area contributed by atoms with Gasteiger partial charge in [0.25, 0.3) is 5.91 Å². The van der Waals surface area contributed by atoms with Crippen LogP contribution in [0.1, 0.15) is 29.8 Å². The molecule has 1 aromatic carbocycles. The van der Waals surface area contributed by atoms with E-state index in [0.29, 0.717) is 0 Å². The molecule has 0 saturated carbocycles.